The minimum absolute atomic E-state index is 0.297. The highest BCUT2D eigenvalue weighted by molar-refractivity contribution is 6.31. The summed E-state index contributed by atoms with van der Waals surface area (Å²) in [5.74, 6) is 0.700. The number of carbonyl (C=O) groups excluding carboxylic acids is 1. The summed E-state index contributed by atoms with van der Waals surface area (Å²) >= 11 is 6.02. The van der Waals surface area contributed by atoms with Crippen LogP contribution in [0.4, 0.5) is 5.82 Å². The summed E-state index contributed by atoms with van der Waals surface area (Å²) in [4.78, 5) is 21.6. The molecule has 8 nitrogen and oxygen atoms in total. The Morgan fingerprint density at radius 1 is 1.00 bits per heavy atom. The third-order valence-corrected chi connectivity index (χ3v) is 4.94. The average Bonchev–Trinajstić information content (AvgIpc) is 3.37. The highest BCUT2D eigenvalue weighted by atomic mass is 35.5. The number of hydrogen-bond acceptors (Lipinski definition) is 5. The van der Waals surface area contributed by atoms with Crippen molar-refractivity contribution in [3.05, 3.63) is 89.5 Å². The summed E-state index contributed by atoms with van der Waals surface area (Å²) in [6, 6.07) is 18.2. The molecule has 0 spiro atoms. The molecule has 3 aromatic heterocycles. The summed E-state index contributed by atoms with van der Waals surface area (Å²) in [6.45, 7) is 1.84. The van der Waals surface area contributed by atoms with Crippen molar-refractivity contribution in [1.82, 2.24) is 29.5 Å². The normalized spacial score (nSPS) is 11.0. The Kier molecular flexibility index (Phi) is 4.68. The van der Waals surface area contributed by atoms with Gasteiger partial charge in [0.05, 0.1) is 23.0 Å². The Morgan fingerprint density at radius 3 is 2.65 bits per heavy atom. The molecule has 0 fully saturated rings. The number of amides is 1. The molecular weight excluding hydrogens is 414 g/mol. The molecule has 0 saturated carbocycles. The average molecular weight is 430 g/mol. The summed E-state index contributed by atoms with van der Waals surface area (Å²) < 4.78 is 3.32. The van der Waals surface area contributed by atoms with Crippen molar-refractivity contribution in [1.29, 1.82) is 0 Å². The van der Waals surface area contributed by atoms with Gasteiger partial charge in [-0.25, -0.2) is 14.6 Å². The van der Waals surface area contributed by atoms with Crippen LogP contribution in [-0.2, 0) is 0 Å². The maximum Gasteiger partial charge on any atom is 0.256 e. The summed E-state index contributed by atoms with van der Waals surface area (Å²) in [5.41, 5.74) is 2.69. The monoisotopic (exact) mass is 429 g/mol. The highest BCUT2D eigenvalue weighted by Gasteiger charge is 2.18. The van der Waals surface area contributed by atoms with Crippen LogP contribution in [0.5, 0.6) is 0 Å². The number of aromatic nitrogens is 6. The maximum atomic E-state index is 12.8. The molecular formula is C22H16ClN7O. The van der Waals surface area contributed by atoms with Crippen LogP contribution in [0.25, 0.3) is 22.5 Å². The van der Waals surface area contributed by atoms with E-state index in [9.17, 15) is 4.79 Å². The molecule has 152 valence electrons. The fraction of sp³-hybridized carbons (Fsp3) is 0.0455. The van der Waals surface area contributed by atoms with Crippen LogP contribution < -0.4 is 5.32 Å². The molecule has 0 saturated heterocycles. The predicted octanol–water partition coefficient (Wildman–Crippen LogP) is 4.22. The van der Waals surface area contributed by atoms with Crippen molar-refractivity contribution >= 4 is 34.4 Å². The number of fused-ring (bicyclic) bond motifs is 1. The molecule has 0 aliphatic carbocycles. The number of anilines is 1. The van der Waals surface area contributed by atoms with Crippen molar-refractivity contribution in [2.24, 2.45) is 0 Å². The largest absolute Gasteiger partial charge is 0.306 e. The van der Waals surface area contributed by atoms with Crippen LogP contribution in [0, 0.1) is 6.92 Å². The first kappa shape index (κ1) is 19.0. The van der Waals surface area contributed by atoms with E-state index in [0.717, 1.165) is 11.4 Å². The minimum atomic E-state index is -0.297. The van der Waals surface area contributed by atoms with E-state index in [1.54, 1.807) is 45.9 Å². The number of halogens is 1. The molecule has 0 atom stereocenters. The van der Waals surface area contributed by atoms with Crippen LogP contribution >= 0.6 is 11.6 Å². The molecule has 9 heteroatoms. The lowest BCUT2D eigenvalue weighted by atomic mass is 10.2. The highest BCUT2D eigenvalue weighted by Crippen LogP contribution is 2.24. The molecule has 1 amide bonds. The Balaban J connectivity index is 1.57. The van der Waals surface area contributed by atoms with Gasteiger partial charge in [-0.2, -0.15) is 14.9 Å². The maximum absolute atomic E-state index is 12.8. The first-order chi connectivity index (χ1) is 15.1. The van der Waals surface area contributed by atoms with Crippen molar-refractivity contribution in [2.45, 2.75) is 6.92 Å². The third-order valence-electron chi connectivity index (χ3n) is 4.71. The van der Waals surface area contributed by atoms with Crippen molar-refractivity contribution in [2.75, 3.05) is 5.32 Å². The zero-order valence-electron chi connectivity index (χ0n) is 16.4. The SMILES string of the molecule is Cc1cc(NC(=O)c2cccc(Cl)c2)n(-c2ncnc3c2cnn3-c2ccccc2)n1. The Bertz CT molecular complexity index is 1410. The van der Waals surface area contributed by atoms with Gasteiger partial charge in [0, 0.05) is 16.7 Å². The van der Waals surface area contributed by atoms with E-state index >= 15 is 0 Å². The molecule has 1 N–H and O–H groups in total. The standard InChI is InChI=1S/C22H16ClN7O/c1-14-10-19(27-22(31)15-6-5-7-16(23)11-15)30(28-14)21-18-12-26-29(20(18)24-13-25-21)17-8-3-2-4-9-17/h2-13H,1H3,(H,27,31). The van der Waals surface area contributed by atoms with Crippen LogP contribution in [0.15, 0.2) is 73.2 Å². The van der Waals surface area contributed by atoms with Crippen molar-refractivity contribution in [3.63, 3.8) is 0 Å². The van der Waals surface area contributed by atoms with Gasteiger partial charge < -0.3 is 5.32 Å². The summed E-state index contributed by atoms with van der Waals surface area (Å²) in [6.07, 6.45) is 3.15. The molecule has 0 radical (unpaired) electrons. The second kappa shape index (κ2) is 7.66. The van der Waals surface area contributed by atoms with Gasteiger partial charge in [0.1, 0.15) is 12.1 Å². The van der Waals surface area contributed by atoms with Gasteiger partial charge in [0.2, 0.25) is 0 Å². The molecule has 5 rings (SSSR count). The third kappa shape index (κ3) is 3.53. The number of nitrogens with one attached hydrogen (secondary N) is 1. The number of nitrogens with zero attached hydrogens (tertiary/aromatic N) is 6. The van der Waals surface area contributed by atoms with E-state index in [1.807, 2.05) is 37.3 Å². The molecule has 31 heavy (non-hydrogen) atoms. The lowest BCUT2D eigenvalue weighted by molar-refractivity contribution is 0.102. The van der Waals surface area contributed by atoms with Gasteiger partial charge in [0.25, 0.3) is 5.91 Å². The molecule has 0 unspecified atom stereocenters. The van der Waals surface area contributed by atoms with Crippen molar-refractivity contribution in [3.8, 4) is 11.5 Å². The Labute approximate surface area is 182 Å². The predicted molar refractivity (Wildman–Crippen MR) is 118 cm³/mol. The van der Waals surface area contributed by atoms with E-state index in [0.29, 0.717) is 33.3 Å². The van der Waals surface area contributed by atoms with Gasteiger partial charge >= 0.3 is 0 Å². The fourth-order valence-corrected chi connectivity index (χ4v) is 3.52. The topological polar surface area (TPSA) is 90.5 Å². The summed E-state index contributed by atoms with van der Waals surface area (Å²) in [5, 5.41) is 13.1. The lowest BCUT2D eigenvalue weighted by Gasteiger charge is -2.09. The number of hydrogen-bond donors (Lipinski definition) is 1. The van der Waals surface area contributed by atoms with Gasteiger partial charge in [-0.3, -0.25) is 4.79 Å². The van der Waals surface area contributed by atoms with Crippen LogP contribution in [0.2, 0.25) is 5.02 Å². The molecule has 5 aromatic rings. The van der Waals surface area contributed by atoms with Gasteiger partial charge in [-0.05, 0) is 37.3 Å². The van der Waals surface area contributed by atoms with Gasteiger partial charge in [-0.1, -0.05) is 35.9 Å². The minimum Gasteiger partial charge on any atom is -0.306 e. The van der Waals surface area contributed by atoms with E-state index in [-0.39, 0.29) is 5.91 Å². The second-order valence-electron chi connectivity index (χ2n) is 6.87. The smallest absolute Gasteiger partial charge is 0.256 e. The lowest BCUT2D eigenvalue weighted by Crippen LogP contribution is -2.15. The van der Waals surface area contributed by atoms with E-state index < -0.39 is 0 Å². The number of aryl methyl sites for hydroxylation is 1. The number of carbonyl (C=O) groups is 1. The van der Waals surface area contributed by atoms with Gasteiger partial charge in [-0.15, -0.1) is 0 Å². The van der Waals surface area contributed by atoms with Crippen LogP contribution in [0.3, 0.4) is 0 Å². The molecule has 3 heterocycles. The van der Waals surface area contributed by atoms with E-state index in [1.165, 1.54) is 6.33 Å². The Hall–Kier alpha value is -4.04. The first-order valence-electron chi connectivity index (χ1n) is 9.48. The Morgan fingerprint density at radius 2 is 1.84 bits per heavy atom. The number of para-hydroxylation sites is 1. The van der Waals surface area contributed by atoms with E-state index in [2.05, 4.69) is 25.5 Å². The molecule has 0 bridgehead atoms. The molecule has 0 aliphatic heterocycles. The zero-order chi connectivity index (χ0) is 21.4. The number of rotatable bonds is 4. The zero-order valence-corrected chi connectivity index (χ0v) is 17.2. The van der Waals surface area contributed by atoms with Crippen LogP contribution in [0.1, 0.15) is 16.1 Å². The molecule has 2 aromatic carbocycles. The first-order valence-corrected chi connectivity index (χ1v) is 9.86. The van der Waals surface area contributed by atoms with E-state index in [4.69, 9.17) is 11.6 Å². The number of benzene rings is 2. The fourth-order valence-electron chi connectivity index (χ4n) is 3.33. The van der Waals surface area contributed by atoms with Gasteiger partial charge in [0.15, 0.2) is 11.5 Å². The summed E-state index contributed by atoms with van der Waals surface area (Å²) in [7, 11) is 0. The van der Waals surface area contributed by atoms with Crippen molar-refractivity contribution < 1.29 is 4.79 Å². The molecule has 0 aliphatic rings. The quantitative estimate of drug-likeness (QED) is 0.462. The second-order valence-corrected chi connectivity index (χ2v) is 7.31. The van der Waals surface area contributed by atoms with Crippen LogP contribution in [-0.4, -0.2) is 35.4 Å².